The van der Waals surface area contributed by atoms with Gasteiger partial charge in [-0.2, -0.15) is 0 Å². The van der Waals surface area contributed by atoms with Crippen molar-refractivity contribution in [3.63, 3.8) is 0 Å². The van der Waals surface area contributed by atoms with E-state index in [1.54, 1.807) is 18.2 Å². The molecule has 154 valence electrons. The minimum atomic E-state index is -0.812. The van der Waals surface area contributed by atoms with Gasteiger partial charge < -0.3 is 29.2 Å². The number of hydrogen-bond acceptors (Lipinski definition) is 8. The van der Waals surface area contributed by atoms with E-state index >= 15 is 0 Å². The molecule has 0 aliphatic carbocycles. The number of benzene rings is 1. The second kappa shape index (κ2) is 8.38. The number of fused-ring (bicyclic) bond motifs is 2. The lowest BCUT2D eigenvalue weighted by atomic mass is 10.00. The predicted octanol–water partition coefficient (Wildman–Crippen LogP) is 0.836. The molecule has 1 aromatic rings. The number of rotatable bonds is 6. The van der Waals surface area contributed by atoms with E-state index in [0.29, 0.717) is 35.7 Å². The molecule has 2 bridgehead atoms. The van der Waals surface area contributed by atoms with Crippen LogP contribution in [0.25, 0.3) is 6.08 Å². The van der Waals surface area contributed by atoms with Gasteiger partial charge in [-0.3, -0.25) is 4.90 Å². The Balaban J connectivity index is 1.66. The highest BCUT2D eigenvalue weighted by Gasteiger charge is 2.51. The maximum absolute atomic E-state index is 12.3. The molecule has 2 aliphatic rings. The van der Waals surface area contributed by atoms with Crippen molar-refractivity contribution in [2.45, 2.75) is 43.2 Å². The number of hydrogen-bond donors (Lipinski definition) is 2. The van der Waals surface area contributed by atoms with Gasteiger partial charge in [0.1, 0.15) is 6.10 Å². The van der Waals surface area contributed by atoms with Crippen LogP contribution in [0.1, 0.15) is 18.4 Å². The van der Waals surface area contributed by atoms with Crippen LogP contribution in [0.2, 0.25) is 0 Å². The maximum Gasteiger partial charge on any atom is 0.331 e. The Kier molecular flexibility index (Phi) is 6.12. The van der Waals surface area contributed by atoms with Gasteiger partial charge in [0.05, 0.1) is 33.5 Å². The molecule has 3 rings (SSSR count). The first kappa shape index (κ1) is 20.4. The zero-order valence-corrected chi connectivity index (χ0v) is 16.5. The molecule has 0 radical (unpaired) electrons. The highest BCUT2D eigenvalue weighted by Crippen LogP contribution is 2.39. The van der Waals surface area contributed by atoms with Crippen LogP contribution in [-0.4, -0.2) is 79.9 Å². The van der Waals surface area contributed by atoms with Crippen LogP contribution < -0.4 is 14.2 Å². The first-order valence-electron chi connectivity index (χ1n) is 9.16. The average molecular weight is 393 g/mol. The smallest absolute Gasteiger partial charge is 0.331 e. The Labute approximate surface area is 164 Å². The molecular weight excluding hydrogens is 366 g/mol. The Hall–Kier alpha value is -2.29. The molecule has 2 heterocycles. The summed E-state index contributed by atoms with van der Waals surface area (Å²) in [5.41, 5.74) is 0.695. The third kappa shape index (κ3) is 3.80. The molecule has 1 aromatic carbocycles. The molecule has 8 nitrogen and oxygen atoms in total. The summed E-state index contributed by atoms with van der Waals surface area (Å²) in [6.07, 6.45) is 1.98. The number of carbonyl (C=O) groups is 1. The zero-order valence-electron chi connectivity index (χ0n) is 16.5. The molecule has 28 heavy (non-hydrogen) atoms. The molecule has 2 fully saturated rings. The molecule has 0 aromatic heterocycles. The van der Waals surface area contributed by atoms with Gasteiger partial charge in [0.15, 0.2) is 11.5 Å². The van der Waals surface area contributed by atoms with Gasteiger partial charge >= 0.3 is 5.97 Å². The topological polar surface area (TPSA) is 97.7 Å². The summed E-state index contributed by atoms with van der Waals surface area (Å²) in [5.74, 6) is 0.977. The zero-order chi connectivity index (χ0) is 20.4. The summed E-state index contributed by atoms with van der Waals surface area (Å²) in [5, 5.41) is 20.2. The normalized spacial score (nSPS) is 29.7. The lowest BCUT2D eigenvalue weighted by Crippen LogP contribution is -2.45. The van der Waals surface area contributed by atoms with E-state index in [-0.39, 0.29) is 18.2 Å². The number of esters is 1. The highest BCUT2D eigenvalue weighted by molar-refractivity contribution is 5.87. The van der Waals surface area contributed by atoms with Crippen LogP contribution in [0.4, 0.5) is 0 Å². The Morgan fingerprint density at radius 1 is 1.04 bits per heavy atom. The van der Waals surface area contributed by atoms with Crippen molar-refractivity contribution >= 4 is 12.0 Å². The fourth-order valence-corrected chi connectivity index (χ4v) is 4.09. The van der Waals surface area contributed by atoms with E-state index in [1.807, 2.05) is 11.9 Å². The largest absolute Gasteiger partial charge is 0.493 e. The number of carbonyl (C=O) groups excluding carboxylic acids is 1. The first-order valence-corrected chi connectivity index (χ1v) is 9.16. The molecule has 2 aliphatic heterocycles. The van der Waals surface area contributed by atoms with E-state index in [1.165, 1.54) is 27.4 Å². The number of likely N-dealkylation sites (N-methyl/N-ethyl adjacent to an activating group) is 1. The lowest BCUT2D eigenvalue weighted by Gasteiger charge is -2.35. The Morgan fingerprint density at radius 2 is 1.57 bits per heavy atom. The van der Waals surface area contributed by atoms with Gasteiger partial charge in [-0.15, -0.1) is 0 Å². The average Bonchev–Trinajstić information content (AvgIpc) is 2.81. The van der Waals surface area contributed by atoms with Gasteiger partial charge in [-0.25, -0.2) is 4.79 Å². The van der Waals surface area contributed by atoms with E-state index in [4.69, 9.17) is 18.9 Å². The second-order valence-electron chi connectivity index (χ2n) is 7.10. The molecular formula is C20H27NO7. The van der Waals surface area contributed by atoms with Crippen LogP contribution in [-0.2, 0) is 9.53 Å². The fraction of sp³-hybridized carbons (Fsp3) is 0.550. The van der Waals surface area contributed by atoms with Crippen molar-refractivity contribution < 1.29 is 34.0 Å². The summed E-state index contributed by atoms with van der Waals surface area (Å²) < 4.78 is 21.4. The van der Waals surface area contributed by atoms with E-state index in [9.17, 15) is 15.0 Å². The Bertz CT molecular complexity index is 699. The summed E-state index contributed by atoms with van der Waals surface area (Å²) in [6, 6.07) is 3.05. The van der Waals surface area contributed by atoms with Crippen molar-refractivity contribution in [3.05, 3.63) is 23.8 Å². The SMILES string of the molecule is COc1cc(C=CC(=O)OC2CC3C(O)C(O)C(C2)N3C)cc(OC)c1OC. The third-order valence-electron chi connectivity index (χ3n) is 5.58. The van der Waals surface area contributed by atoms with E-state index < -0.39 is 18.2 Å². The number of methoxy groups -OCH3 is 3. The van der Waals surface area contributed by atoms with Gasteiger partial charge in [0.2, 0.25) is 5.75 Å². The highest BCUT2D eigenvalue weighted by atomic mass is 16.5. The minimum absolute atomic E-state index is 0.203. The molecule has 4 atom stereocenters. The Morgan fingerprint density at radius 3 is 2.04 bits per heavy atom. The molecule has 0 spiro atoms. The summed E-state index contributed by atoms with van der Waals surface area (Å²) in [6.45, 7) is 0. The van der Waals surface area contributed by atoms with Crippen molar-refractivity contribution in [1.29, 1.82) is 0 Å². The van der Waals surface area contributed by atoms with Crippen molar-refractivity contribution in [1.82, 2.24) is 4.90 Å². The second-order valence-corrected chi connectivity index (χ2v) is 7.10. The van der Waals surface area contributed by atoms with Crippen LogP contribution in [0.15, 0.2) is 18.2 Å². The molecule has 0 saturated carbocycles. The number of aliphatic hydroxyl groups excluding tert-OH is 2. The van der Waals surface area contributed by atoms with Gasteiger partial charge in [-0.05, 0) is 30.8 Å². The molecule has 0 amide bonds. The molecule has 2 N–H and O–H groups in total. The molecule has 2 saturated heterocycles. The van der Waals surface area contributed by atoms with Crippen molar-refractivity contribution in [3.8, 4) is 17.2 Å². The minimum Gasteiger partial charge on any atom is -0.493 e. The lowest BCUT2D eigenvalue weighted by molar-refractivity contribution is -0.146. The molecule has 8 heteroatoms. The van der Waals surface area contributed by atoms with Gasteiger partial charge in [0.25, 0.3) is 0 Å². The van der Waals surface area contributed by atoms with Crippen LogP contribution in [0.3, 0.4) is 0 Å². The molecule has 4 unspecified atom stereocenters. The monoisotopic (exact) mass is 393 g/mol. The van der Waals surface area contributed by atoms with Crippen LogP contribution in [0.5, 0.6) is 17.2 Å². The van der Waals surface area contributed by atoms with Crippen molar-refractivity contribution in [2.75, 3.05) is 28.4 Å². The van der Waals surface area contributed by atoms with Gasteiger partial charge in [-0.1, -0.05) is 0 Å². The standard InChI is InChI=1S/C20H27NO7/c1-21-13-9-12(10-14(21)19(24)18(13)23)28-17(22)6-5-11-7-15(25-2)20(27-4)16(8-11)26-3/h5-8,12-14,18-19,23-24H,9-10H2,1-4H3. The first-order chi connectivity index (χ1) is 13.4. The van der Waals surface area contributed by atoms with Gasteiger partial charge in [0, 0.05) is 31.0 Å². The number of ether oxygens (including phenoxy) is 4. The van der Waals surface area contributed by atoms with Crippen LogP contribution in [0, 0.1) is 0 Å². The van der Waals surface area contributed by atoms with Crippen molar-refractivity contribution in [2.24, 2.45) is 0 Å². The predicted molar refractivity (Wildman–Crippen MR) is 102 cm³/mol. The maximum atomic E-state index is 12.3. The number of piperidine rings is 1. The summed E-state index contributed by atoms with van der Waals surface area (Å²) >= 11 is 0. The quantitative estimate of drug-likeness (QED) is 0.542. The van der Waals surface area contributed by atoms with E-state index in [2.05, 4.69) is 0 Å². The fourth-order valence-electron chi connectivity index (χ4n) is 4.09. The number of nitrogens with zero attached hydrogens (tertiary/aromatic N) is 1. The summed E-state index contributed by atoms with van der Waals surface area (Å²) in [4.78, 5) is 14.2. The third-order valence-corrected chi connectivity index (χ3v) is 5.58. The van der Waals surface area contributed by atoms with E-state index in [0.717, 1.165) is 0 Å². The summed E-state index contributed by atoms with van der Waals surface area (Å²) in [7, 11) is 6.44. The van der Waals surface area contributed by atoms with Crippen LogP contribution >= 0.6 is 0 Å². The number of aliphatic hydroxyl groups is 2.